The van der Waals surface area contributed by atoms with Crippen molar-refractivity contribution in [2.75, 3.05) is 20.0 Å². The summed E-state index contributed by atoms with van der Waals surface area (Å²) in [4.78, 5) is 11.8. The first kappa shape index (κ1) is 14.3. The Morgan fingerprint density at radius 2 is 2.06 bits per heavy atom. The zero-order valence-electron chi connectivity index (χ0n) is 11.2. The van der Waals surface area contributed by atoms with Crippen molar-refractivity contribution in [2.45, 2.75) is 26.0 Å². The number of hydrogen-bond acceptors (Lipinski definition) is 4. The van der Waals surface area contributed by atoms with Crippen LogP contribution in [0.5, 0.6) is 5.75 Å². The van der Waals surface area contributed by atoms with E-state index in [0.717, 1.165) is 5.56 Å². The molecule has 0 saturated carbocycles. The molecule has 1 rings (SSSR count). The zero-order valence-corrected chi connectivity index (χ0v) is 11.2. The number of amides is 1. The fourth-order valence-corrected chi connectivity index (χ4v) is 1.42. The van der Waals surface area contributed by atoms with E-state index in [9.17, 15) is 4.79 Å². The summed E-state index contributed by atoms with van der Waals surface area (Å²) in [5.74, 6) is 0.509. The molecule has 3 N–H and O–H groups in total. The largest absolute Gasteiger partial charge is 0.496 e. The number of nitrogens with one attached hydrogen (secondary N) is 1. The SMILES string of the molecule is COc1ccc(N)cc1CNC(=O)C(C)(C)OC. The first-order chi connectivity index (χ1) is 8.40. The Morgan fingerprint density at radius 3 is 2.61 bits per heavy atom. The first-order valence-corrected chi connectivity index (χ1v) is 5.66. The summed E-state index contributed by atoms with van der Waals surface area (Å²) >= 11 is 0. The fraction of sp³-hybridized carbons (Fsp3) is 0.462. The molecule has 18 heavy (non-hydrogen) atoms. The van der Waals surface area contributed by atoms with Crippen LogP contribution in [0.2, 0.25) is 0 Å². The predicted octanol–water partition coefficient (Wildman–Crippen LogP) is 1.32. The van der Waals surface area contributed by atoms with E-state index in [1.165, 1.54) is 7.11 Å². The molecule has 5 nitrogen and oxygen atoms in total. The molecular weight excluding hydrogens is 232 g/mol. The lowest BCUT2D eigenvalue weighted by Crippen LogP contribution is -2.43. The first-order valence-electron chi connectivity index (χ1n) is 5.66. The highest BCUT2D eigenvalue weighted by Crippen LogP contribution is 2.21. The maximum absolute atomic E-state index is 11.8. The van der Waals surface area contributed by atoms with Gasteiger partial charge in [-0.1, -0.05) is 0 Å². The van der Waals surface area contributed by atoms with Gasteiger partial charge in [0.2, 0.25) is 0 Å². The van der Waals surface area contributed by atoms with Crippen LogP contribution >= 0.6 is 0 Å². The Labute approximate surface area is 107 Å². The highest BCUT2D eigenvalue weighted by Gasteiger charge is 2.26. The molecular formula is C13H20N2O3. The second-order valence-electron chi connectivity index (χ2n) is 4.47. The van der Waals surface area contributed by atoms with Gasteiger partial charge < -0.3 is 20.5 Å². The minimum absolute atomic E-state index is 0.186. The summed E-state index contributed by atoms with van der Waals surface area (Å²) in [6.45, 7) is 3.76. The normalized spacial score (nSPS) is 11.1. The van der Waals surface area contributed by atoms with E-state index in [-0.39, 0.29) is 5.91 Å². The van der Waals surface area contributed by atoms with Crippen LogP contribution in [0.3, 0.4) is 0 Å². The van der Waals surface area contributed by atoms with Crippen molar-refractivity contribution < 1.29 is 14.3 Å². The van der Waals surface area contributed by atoms with Crippen molar-refractivity contribution >= 4 is 11.6 Å². The van der Waals surface area contributed by atoms with E-state index in [0.29, 0.717) is 18.0 Å². The molecule has 0 atom stereocenters. The van der Waals surface area contributed by atoms with E-state index in [2.05, 4.69) is 5.32 Å². The number of rotatable bonds is 5. The molecule has 1 amide bonds. The summed E-state index contributed by atoms with van der Waals surface area (Å²) < 4.78 is 10.3. The minimum Gasteiger partial charge on any atom is -0.496 e. The quantitative estimate of drug-likeness (QED) is 0.775. The van der Waals surface area contributed by atoms with Crippen LogP contribution in [0, 0.1) is 0 Å². The fourth-order valence-electron chi connectivity index (χ4n) is 1.42. The van der Waals surface area contributed by atoms with E-state index < -0.39 is 5.60 Å². The van der Waals surface area contributed by atoms with Crippen molar-refractivity contribution in [3.8, 4) is 5.75 Å². The lowest BCUT2D eigenvalue weighted by Gasteiger charge is -2.22. The van der Waals surface area contributed by atoms with Crippen molar-refractivity contribution in [1.82, 2.24) is 5.32 Å². The van der Waals surface area contributed by atoms with E-state index >= 15 is 0 Å². The van der Waals surface area contributed by atoms with Crippen LogP contribution in [-0.4, -0.2) is 25.7 Å². The monoisotopic (exact) mass is 252 g/mol. The Morgan fingerprint density at radius 1 is 1.39 bits per heavy atom. The summed E-state index contributed by atoms with van der Waals surface area (Å²) in [6, 6.07) is 5.31. The lowest BCUT2D eigenvalue weighted by molar-refractivity contribution is -0.139. The number of hydrogen-bond donors (Lipinski definition) is 2. The molecule has 0 bridgehead atoms. The summed E-state index contributed by atoms with van der Waals surface area (Å²) in [5, 5.41) is 2.79. The van der Waals surface area contributed by atoms with E-state index in [1.807, 2.05) is 0 Å². The van der Waals surface area contributed by atoms with Gasteiger partial charge >= 0.3 is 0 Å². The maximum Gasteiger partial charge on any atom is 0.251 e. The predicted molar refractivity (Wildman–Crippen MR) is 70.3 cm³/mol. The Bertz CT molecular complexity index is 430. The van der Waals surface area contributed by atoms with Crippen LogP contribution in [-0.2, 0) is 16.1 Å². The summed E-state index contributed by atoms with van der Waals surface area (Å²) in [7, 11) is 3.08. The van der Waals surface area contributed by atoms with Crippen molar-refractivity contribution in [2.24, 2.45) is 0 Å². The zero-order chi connectivity index (χ0) is 13.8. The van der Waals surface area contributed by atoms with Gasteiger partial charge in [-0.3, -0.25) is 4.79 Å². The number of nitrogen functional groups attached to an aromatic ring is 1. The van der Waals surface area contributed by atoms with Gasteiger partial charge in [-0.25, -0.2) is 0 Å². The molecule has 1 aromatic carbocycles. The number of carbonyl (C=O) groups excluding carboxylic acids is 1. The van der Waals surface area contributed by atoms with Crippen molar-refractivity contribution in [1.29, 1.82) is 0 Å². The van der Waals surface area contributed by atoms with Gasteiger partial charge in [0.25, 0.3) is 5.91 Å². The number of ether oxygens (including phenoxy) is 2. The van der Waals surface area contributed by atoms with Crippen LogP contribution in [0.25, 0.3) is 0 Å². The molecule has 0 aliphatic rings. The molecule has 0 saturated heterocycles. The third kappa shape index (κ3) is 3.37. The number of carbonyl (C=O) groups is 1. The van der Waals surface area contributed by atoms with Gasteiger partial charge in [-0.15, -0.1) is 0 Å². The molecule has 0 aliphatic carbocycles. The summed E-state index contributed by atoms with van der Waals surface area (Å²) in [6.07, 6.45) is 0. The molecule has 100 valence electrons. The maximum atomic E-state index is 11.8. The van der Waals surface area contributed by atoms with E-state index in [4.69, 9.17) is 15.2 Å². The lowest BCUT2D eigenvalue weighted by atomic mass is 10.1. The molecule has 0 radical (unpaired) electrons. The molecule has 1 aromatic rings. The molecule has 5 heteroatoms. The average Bonchev–Trinajstić information content (AvgIpc) is 2.36. The second kappa shape index (κ2) is 5.73. The van der Waals surface area contributed by atoms with Crippen LogP contribution in [0.1, 0.15) is 19.4 Å². The minimum atomic E-state index is -0.854. The Balaban J connectivity index is 2.74. The van der Waals surface area contributed by atoms with Gasteiger partial charge in [0.1, 0.15) is 11.4 Å². The van der Waals surface area contributed by atoms with Gasteiger partial charge in [-0.05, 0) is 32.0 Å². The van der Waals surface area contributed by atoms with Crippen LogP contribution in [0.4, 0.5) is 5.69 Å². The standard InChI is InChI=1S/C13H20N2O3/c1-13(2,18-4)12(16)15-8-9-7-10(14)5-6-11(9)17-3/h5-7H,8,14H2,1-4H3,(H,15,16). The van der Waals surface area contributed by atoms with Gasteiger partial charge in [-0.2, -0.15) is 0 Å². The van der Waals surface area contributed by atoms with Crippen LogP contribution < -0.4 is 15.8 Å². The topological polar surface area (TPSA) is 73.6 Å². The highest BCUT2D eigenvalue weighted by molar-refractivity contribution is 5.84. The average molecular weight is 252 g/mol. The van der Waals surface area contributed by atoms with Gasteiger partial charge in [0, 0.05) is 24.9 Å². The Kier molecular flexibility index (Phi) is 4.55. The van der Waals surface area contributed by atoms with Gasteiger partial charge in [0.05, 0.1) is 7.11 Å². The number of anilines is 1. The number of benzene rings is 1. The van der Waals surface area contributed by atoms with Gasteiger partial charge in [0.15, 0.2) is 0 Å². The number of nitrogens with two attached hydrogens (primary N) is 1. The molecule has 0 heterocycles. The smallest absolute Gasteiger partial charge is 0.251 e. The molecule has 0 unspecified atom stereocenters. The molecule has 0 spiro atoms. The van der Waals surface area contributed by atoms with Crippen LogP contribution in [0.15, 0.2) is 18.2 Å². The molecule has 0 aliphatic heterocycles. The number of methoxy groups -OCH3 is 2. The second-order valence-corrected chi connectivity index (χ2v) is 4.47. The third-order valence-corrected chi connectivity index (χ3v) is 2.80. The molecule has 0 aromatic heterocycles. The Hall–Kier alpha value is -1.75. The van der Waals surface area contributed by atoms with E-state index in [1.54, 1.807) is 39.2 Å². The third-order valence-electron chi connectivity index (χ3n) is 2.80. The molecule has 0 fully saturated rings. The highest BCUT2D eigenvalue weighted by atomic mass is 16.5. The van der Waals surface area contributed by atoms with Crippen molar-refractivity contribution in [3.63, 3.8) is 0 Å². The van der Waals surface area contributed by atoms with Crippen molar-refractivity contribution in [3.05, 3.63) is 23.8 Å². The summed E-state index contributed by atoms with van der Waals surface area (Å²) in [5.41, 5.74) is 6.32.